The van der Waals surface area contributed by atoms with Gasteiger partial charge in [-0.2, -0.15) is 0 Å². The molecule has 0 atom stereocenters. The number of rotatable bonds is 11. The van der Waals surface area contributed by atoms with E-state index < -0.39 is 0 Å². The zero-order chi connectivity index (χ0) is 14.6. The van der Waals surface area contributed by atoms with Crippen molar-refractivity contribution < 1.29 is 5.02 Å². The summed E-state index contributed by atoms with van der Waals surface area (Å²) in [6.45, 7) is 4.44. The number of halogens is 2. The molecule has 0 amide bonds. The van der Waals surface area contributed by atoms with Crippen molar-refractivity contribution >= 4 is 30.8 Å². The zero-order valence-electron chi connectivity index (χ0n) is 11.5. The number of nitrogens with one attached hydrogen (secondary N) is 3. The lowest BCUT2D eigenvalue weighted by atomic mass is 10.2. The van der Waals surface area contributed by atoms with Crippen LogP contribution in [-0.2, 0) is 6.54 Å². The predicted molar refractivity (Wildman–Crippen MR) is 86.2 cm³/mol. The summed E-state index contributed by atoms with van der Waals surface area (Å²) in [5.41, 5.74) is 1.10. The van der Waals surface area contributed by atoms with Gasteiger partial charge in [0, 0.05) is 16.6 Å². The summed E-state index contributed by atoms with van der Waals surface area (Å²) < 4.78 is 0. The Morgan fingerprint density at radius 3 is 2.15 bits per heavy atom. The Hall–Kier alpha value is -0.295. The van der Waals surface area contributed by atoms with E-state index in [0.29, 0.717) is 10.0 Å². The molecule has 0 unspecified atom stereocenters. The molecule has 0 bridgehead atoms. The molecule has 20 heavy (non-hydrogen) atoms. The summed E-state index contributed by atoms with van der Waals surface area (Å²) in [5.74, 6) is 0. The maximum Gasteiger partial charge on any atom is 0.392 e. The minimum atomic E-state index is 0.671. The van der Waals surface area contributed by atoms with Crippen LogP contribution in [0, 0.1) is 0 Å². The molecule has 0 saturated heterocycles. The molecular weight excluding hydrogens is 296 g/mol. The highest BCUT2D eigenvalue weighted by molar-refractivity contribution is 6.34. The molecule has 0 fully saturated rings. The SMILES string of the molecule is O[B]NCCCNCCCNCc1cc(Cl)cc(Cl)c1. The first-order valence-corrected chi connectivity index (χ1v) is 7.53. The van der Waals surface area contributed by atoms with E-state index in [4.69, 9.17) is 28.2 Å². The third kappa shape index (κ3) is 8.79. The fourth-order valence-electron chi connectivity index (χ4n) is 1.79. The second-order valence-electron chi connectivity index (χ2n) is 4.49. The average Bonchev–Trinajstić information content (AvgIpc) is 2.40. The summed E-state index contributed by atoms with van der Waals surface area (Å²) in [6.07, 6.45) is 2.05. The fourth-order valence-corrected chi connectivity index (χ4v) is 2.36. The van der Waals surface area contributed by atoms with Crippen LogP contribution in [-0.4, -0.2) is 38.8 Å². The summed E-state index contributed by atoms with van der Waals surface area (Å²) in [7, 11) is 0.978. The lowest BCUT2D eigenvalue weighted by Crippen LogP contribution is -2.26. The molecule has 0 saturated carbocycles. The van der Waals surface area contributed by atoms with Crippen LogP contribution in [0.25, 0.3) is 0 Å². The number of hydrogen-bond acceptors (Lipinski definition) is 4. The molecule has 4 N–H and O–H groups in total. The molecule has 1 aromatic rings. The molecule has 0 aromatic heterocycles. The van der Waals surface area contributed by atoms with Crippen molar-refractivity contribution in [3.63, 3.8) is 0 Å². The summed E-state index contributed by atoms with van der Waals surface area (Å²) in [6, 6.07) is 5.58. The highest BCUT2D eigenvalue weighted by atomic mass is 35.5. The van der Waals surface area contributed by atoms with Crippen molar-refractivity contribution in [2.24, 2.45) is 0 Å². The molecule has 111 valence electrons. The Balaban J connectivity index is 1.97. The number of benzene rings is 1. The van der Waals surface area contributed by atoms with E-state index in [2.05, 4.69) is 15.9 Å². The standard InChI is InChI=1S/C13H21BCl2N3O/c15-12-7-11(8-13(16)9-12)10-18-5-1-3-17-4-2-6-19-14-20/h7-9,17-20H,1-6,10H2. The summed E-state index contributed by atoms with van der Waals surface area (Å²) in [4.78, 5) is 0. The first kappa shape index (κ1) is 17.8. The molecule has 1 rings (SSSR count). The van der Waals surface area contributed by atoms with Crippen LogP contribution in [0.1, 0.15) is 18.4 Å². The van der Waals surface area contributed by atoms with Gasteiger partial charge in [-0.3, -0.25) is 0 Å². The lowest BCUT2D eigenvalue weighted by molar-refractivity contribution is 0.560. The third-order valence-electron chi connectivity index (χ3n) is 2.72. The molecular formula is C13H21BCl2N3O. The Kier molecular flexibility index (Phi) is 10.1. The topological polar surface area (TPSA) is 56.3 Å². The second-order valence-corrected chi connectivity index (χ2v) is 5.37. The highest BCUT2D eigenvalue weighted by Crippen LogP contribution is 2.18. The van der Waals surface area contributed by atoms with Gasteiger partial charge in [0.2, 0.25) is 0 Å². The smallest absolute Gasteiger partial charge is 0.392 e. The van der Waals surface area contributed by atoms with E-state index in [-0.39, 0.29) is 0 Å². The molecule has 0 spiro atoms. The Morgan fingerprint density at radius 2 is 1.50 bits per heavy atom. The lowest BCUT2D eigenvalue weighted by Gasteiger charge is -2.07. The Bertz CT molecular complexity index is 362. The fraction of sp³-hybridized carbons (Fsp3) is 0.538. The quantitative estimate of drug-likeness (QED) is 0.370. The largest absolute Gasteiger partial charge is 0.440 e. The molecule has 0 aliphatic rings. The van der Waals surface area contributed by atoms with Gasteiger partial charge in [-0.15, -0.1) is 0 Å². The monoisotopic (exact) mass is 316 g/mol. The van der Waals surface area contributed by atoms with Crippen LogP contribution < -0.4 is 15.9 Å². The van der Waals surface area contributed by atoms with E-state index >= 15 is 0 Å². The van der Waals surface area contributed by atoms with Crippen LogP contribution in [0.2, 0.25) is 10.0 Å². The maximum atomic E-state index is 8.41. The van der Waals surface area contributed by atoms with Gasteiger partial charge in [0.15, 0.2) is 0 Å². The normalized spacial score (nSPS) is 10.8. The summed E-state index contributed by atoms with van der Waals surface area (Å²) >= 11 is 11.9. The maximum absolute atomic E-state index is 8.41. The van der Waals surface area contributed by atoms with Crippen molar-refractivity contribution in [3.8, 4) is 0 Å². The van der Waals surface area contributed by atoms with Gasteiger partial charge in [-0.05, 0) is 62.8 Å². The molecule has 4 nitrogen and oxygen atoms in total. The van der Waals surface area contributed by atoms with Gasteiger partial charge in [0.05, 0.1) is 0 Å². The predicted octanol–water partition coefficient (Wildman–Crippen LogP) is 1.57. The van der Waals surface area contributed by atoms with E-state index in [0.717, 1.165) is 58.7 Å². The van der Waals surface area contributed by atoms with Gasteiger partial charge in [-0.25, -0.2) is 0 Å². The number of hydrogen-bond donors (Lipinski definition) is 4. The van der Waals surface area contributed by atoms with Crippen molar-refractivity contribution in [3.05, 3.63) is 33.8 Å². The highest BCUT2D eigenvalue weighted by Gasteiger charge is 1.98. The van der Waals surface area contributed by atoms with Gasteiger partial charge >= 0.3 is 7.62 Å². The van der Waals surface area contributed by atoms with Crippen molar-refractivity contribution in [1.82, 2.24) is 15.9 Å². The molecule has 1 aromatic carbocycles. The van der Waals surface area contributed by atoms with Crippen LogP contribution in [0.4, 0.5) is 0 Å². The van der Waals surface area contributed by atoms with Gasteiger partial charge in [0.25, 0.3) is 0 Å². The molecule has 0 aliphatic carbocycles. The van der Waals surface area contributed by atoms with Crippen molar-refractivity contribution in [2.75, 3.05) is 26.2 Å². The van der Waals surface area contributed by atoms with E-state index in [1.807, 2.05) is 12.1 Å². The average molecular weight is 317 g/mol. The third-order valence-corrected chi connectivity index (χ3v) is 3.16. The first-order chi connectivity index (χ1) is 9.72. The van der Waals surface area contributed by atoms with E-state index in [9.17, 15) is 0 Å². The Labute approximate surface area is 131 Å². The van der Waals surface area contributed by atoms with Crippen LogP contribution in [0.3, 0.4) is 0 Å². The van der Waals surface area contributed by atoms with Gasteiger partial charge in [0.1, 0.15) is 0 Å². The van der Waals surface area contributed by atoms with Crippen molar-refractivity contribution in [1.29, 1.82) is 0 Å². The van der Waals surface area contributed by atoms with E-state index in [1.54, 1.807) is 6.07 Å². The summed E-state index contributed by atoms with van der Waals surface area (Å²) in [5, 5.41) is 19.2. The molecule has 0 aliphatic heterocycles. The van der Waals surface area contributed by atoms with Crippen LogP contribution in [0.15, 0.2) is 18.2 Å². The van der Waals surface area contributed by atoms with Gasteiger partial charge < -0.3 is 20.9 Å². The molecule has 7 heteroatoms. The first-order valence-electron chi connectivity index (χ1n) is 6.78. The zero-order valence-corrected chi connectivity index (χ0v) is 13.0. The second kappa shape index (κ2) is 11.4. The van der Waals surface area contributed by atoms with E-state index in [1.165, 1.54) is 0 Å². The van der Waals surface area contributed by atoms with Gasteiger partial charge in [-0.1, -0.05) is 23.2 Å². The van der Waals surface area contributed by atoms with Crippen LogP contribution >= 0.6 is 23.2 Å². The molecule has 1 radical (unpaired) electrons. The van der Waals surface area contributed by atoms with Crippen LogP contribution in [0.5, 0.6) is 0 Å². The van der Waals surface area contributed by atoms with Crippen molar-refractivity contribution in [2.45, 2.75) is 19.4 Å². The minimum Gasteiger partial charge on any atom is -0.440 e. The minimum absolute atomic E-state index is 0.671. The molecule has 0 heterocycles. The Morgan fingerprint density at radius 1 is 0.900 bits per heavy atom.